The molecular formula is C17H34IN7O. The number of piperazine rings is 3. The largest absolute Gasteiger partial charge is 0.358 e. The number of hydrogen-bond donors (Lipinski definition) is 3. The zero-order valence-electron chi connectivity index (χ0n) is 16.0. The van der Waals surface area contributed by atoms with Gasteiger partial charge in [0.15, 0.2) is 5.96 Å². The lowest BCUT2D eigenvalue weighted by atomic mass is 10.1. The van der Waals surface area contributed by atoms with E-state index in [4.69, 9.17) is 0 Å². The average Bonchev–Trinajstić information content (AvgIpc) is 2.67. The number of likely N-dealkylation sites (tertiary alicyclic amines) is 1. The molecule has 4 fully saturated rings. The fraction of sp³-hybridized carbons (Fsp3) is 0.882. The molecule has 3 N–H and O–H groups in total. The lowest BCUT2D eigenvalue weighted by molar-refractivity contribution is -0.122. The highest BCUT2D eigenvalue weighted by atomic mass is 127. The van der Waals surface area contributed by atoms with Gasteiger partial charge in [-0.05, 0) is 12.8 Å². The van der Waals surface area contributed by atoms with E-state index in [-0.39, 0.29) is 29.9 Å². The summed E-state index contributed by atoms with van der Waals surface area (Å²) in [4.78, 5) is 23.2. The maximum Gasteiger partial charge on any atom is 0.233 e. The van der Waals surface area contributed by atoms with Gasteiger partial charge in [-0.3, -0.25) is 24.5 Å². The molecule has 0 spiro atoms. The molecule has 0 radical (unpaired) electrons. The van der Waals surface area contributed by atoms with Crippen LogP contribution in [0.5, 0.6) is 0 Å². The Morgan fingerprint density at radius 1 is 1.12 bits per heavy atom. The first-order valence-corrected chi connectivity index (χ1v) is 9.54. The topological polar surface area (TPSA) is 75.2 Å². The molecule has 4 saturated heterocycles. The molecule has 4 aliphatic rings. The van der Waals surface area contributed by atoms with E-state index in [1.807, 2.05) is 7.05 Å². The molecule has 4 heterocycles. The first-order chi connectivity index (χ1) is 12.2. The second kappa shape index (κ2) is 10.6. The van der Waals surface area contributed by atoms with Crippen LogP contribution >= 0.6 is 24.0 Å². The summed E-state index contributed by atoms with van der Waals surface area (Å²) in [5, 5.41) is 9.76. The summed E-state index contributed by atoms with van der Waals surface area (Å²) in [5.74, 6) is 0.999. The van der Waals surface area contributed by atoms with Crippen LogP contribution in [0, 0.1) is 0 Å². The van der Waals surface area contributed by atoms with E-state index in [1.54, 1.807) is 7.05 Å². The van der Waals surface area contributed by atoms with Crippen LogP contribution in [-0.2, 0) is 4.79 Å². The van der Waals surface area contributed by atoms with E-state index >= 15 is 0 Å². The first-order valence-electron chi connectivity index (χ1n) is 9.54. The van der Waals surface area contributed by atoms with Crippen LogP contribution in [0.4, 0.5) is 0 Å². The number of likely N-dealkylation sites (N-methyl/N-ethyl adjacent to an activating group) is 1. The number of nitrogens with zero attached hydrogens (tertiary/aromatic N) is 4. The van der Waals surface area contributed by atoms with E-state index in [0.29, 0.717) is 18.6 Å². The number of carbonyl (C=O) groups is 1. The summed E-state index contributed by atoms with van der Waals surface area (Å²) in [6, 6.07) is 1.02. The van der Waals surface area contributed by atoms with E-state index in [9.17, 15) is 4.79 Å². The molecule has 8 nitrogen and oxygen atoms in total. The van der Waals surface area contributed by atoms with E-state index in [1.165, 1.54) is 32.7 Å². The third kappa shape index (κ3) is 5.93. The number of guanidine groups is 1. The van der Waals surface area contributed by atoms with E-state index in [0.717, 1.165) is 38.4 Å². The summed E-state index contributed by atoms with van der Waals surface area (Å²) in [6.07, 6.45) is 2.09. The summed E-state index contributed by atoms with van der Waals surface area (Å²) in [6.45, 7) is 9.36. The standard InChI is InChI=1S/C17H33N7O.HI/c1-18-16(25)13-22-5-3-14(4-6-22)21-17(19-2)20-11-15-12-23-7-9-24(15)10-8-23;/h14-15H,3-13H2,1-2H3,(H,18,25)(H2,19,20,21);1H. The SMILES string of the molecule is CN=C(NCC1CN2CCN1CC2)NC1CCN(CC(=O)NC)CC1.I. The quantitative estimate of drug-likeness (QED) is 0.267. The Morgan fingerprint density at radius 3 is 2.35 bits per heavy atom. The first kappa shape index (κ1) is 21.6. The average molecular weight is 479 g/mol. The lowest BCUT2D eigenvalue weighted by Gasteiger charge is -2.47. The maximum absolute atomic E-state index is 11.5. The molecule has 0 aromatic heterocycles. The second-order valence-corrected chi connectivity index (χ2v) is 7.31. The fourth-order valence-corrected chi connectivity index (χ4v) is 4.04. The number of amides is 1. The van der Waals surface area contributed by atoms with Gasteiger partial charge < -0.3 is 16.0 Å². The van der Waals surface area contributed by atoms with Crippen LogP contribution in [0.2, 0.25) is 0 Å². The molecule has 0 aliphatic carbocycles. The Hall–Kier alpha value is -0.650. The molecular weight excluding hydrogens is 445 g/mol. The van der Waals surface area contributed by atoms with Crippen molar-refractivity contribution in [2.75, 3.05) is 73.0 Å². The van der Waals surface area contributed by atoms with Crippen molar-refractivity contribution in [3.63, 3.8) is 0 Å². The number of aliphatic imine (C=N–C) groups is 1. The van der Waals surface area contributed by atoms with Gasteiger partial charge in [-0.2, -0.15) is 0 Å². The Bertz CT molecular complexity index is 474. The Balaban J connectivity index is 0.00000243. The van der Waals surface area contributed by atoms with Gasteiger partial charge >= 0.3 is 0 Å². The van der Waals surface area contributed by atoms with Crippen LogP contribution in [0.15, 0.2) is 4.99 Å². The number of hydrogen-bond acceptors (Lipinski definition) is 5. The Kier molecular flexibility index (Phi) is 8.85. The van der Waals surface area contributed by atoms with Gasteiger partial charge in [0.1, 0.15) is 0 Å². The third-order valence-electron chi connectivity index (χ3n) is 5.70. The van der Waals surface area contributed by atoms with Crippen molar-refractivity contribution in [1.29, 1.82) is 0 Å². The lowest BCUT2D eigenvalue weighted by Crippen LogP contribution is -2.64. The van der Waals surface area contributed by atoms with Gasteiger partial charge in [0.05, 0.1) is 6.54 Å². The van der Waals surface area contributed by atoms with E-state index < -0.39 is 0 Å². The van der Waals surface area contributed by atoms with Crippen molar-refractivity contribution in [3.05, 3.63) is 0 Å². The van der Waals surface area contributed by atoms with Crippen LogP contribution in [0.25, 0.3) is 0 Å². The molecule has 4 aliphatic heterocycles. The van der Waals surface area contributed by atoms with Crippen LogP contribution < -0.4 is 16.0 Å². The number of piperidine rings is 1. The number of fused-ring (bicyclic) bond motifs is 3. The summed E-state index contributed by atoms with van der Waals surface area (Å²) < 4.78 is 0. The third-order valence-corrected chi connectivity index (χ3v) is 5.70. The normalized spacial score (nSPS) is 29.8. The highest BCUT2D eigenvalue weighted by molar-refractivity contribution is 14.0. The number of carbonyl (C=O) groups excluding carboxylic acids is 1. The molecule has 1 amide bonds. The van der Waals surface area contributed by atoms with Gasteiger partial charge in [-0.25, -0.2) is 0 Å². The van der Waals surface area contributed by atoms with Gasteiger partial charge in [0.2, 0.25) is 5.91 Å². The predicted molar refractivity (Wildman–Crippen MR) is 115 cm³/mol. The number of halogens is 1. The number of rotatable bonds is 5. The van der Waals surface area contributed by atoms with Crippen LogP contribution in [0.1, 0.15) is 12.8 Å². The van der Waals surface area contributed by atoms with Crippen molar-refractivity contribution in [2.45, 2.75) is 24.9 Å². The molecule has 2 bridgehead atoms. The summed E-state index contributed by atoms with van der Waals surface area (Å²) in [5.41, 5.74) is 0. The molecule has 26 heavy (non-hydrogen) atoms. The molecule has 150 valence electrons. The molecule has 9 heteroatoms. The number of nitrogens with one attached hydrogen (secondary N) is 3. The van der Waals surface area contributed by atoms with Crippen LogP contribution in [0.3, 0.4) is 0 Å². The van der Waals surface area contributed by atoms with Crippen molar-refractivity contribution >= 4 is 35.8 Å². The predicted octanol–water partition coefficient (Wildman–Crippen LogP) is -1.02. The van der Waals surface area contributed by atoms with E-state index in [2.05, 4.69) is 35.6 Å². The van der Waals surface area contributed by atoms with Gasteiger partial charge in [-0.1, -0.05) is 0 Å². The Labute approximate surface area is 174 Å². The van der Waals surface area contributed by atoms with Crippen molar-refractivity contribution in [2.24, 2.45) is 4.99 Å². The van der Waals surface area contributed by atoms with Crippen molar-refractivity contribution in [1.82, 2.24) is 30.7 Å². The zero-order chi connectivity index (χ0) is 17.6. The van der Waals surface area contributed by atoms with Gasteiger partial charge in [0, 0.05) is 78.5 Å². The minimum atomic E-state index is 0. The molecule has 0 aromatic carbocycles. The second-order valence-electron chi connectivity index (χ2n) is 7.31. The minimum absolute atomic E-state index is 0. The molecule has 4 rings (SSSR count). The molecule has 1 unspecified atom stereocenters. The molecule has 1 atom stereocenters. The molecule has 0 aromatic rings. The molecule has 0 saturated carbocycles. The highest BCUT2D eigenvalue weighted by Crippen LogP contribution is 2.15. The van der Waals surface area contributed by atoms with Crippen LogP contribution in [-0.4, -0.2) is 112 Å². The monoisotopic (exact) mass is 479 g/mol. The Morgan fingerprint density at radius 2 is 1.81 bits per heavy atom. The van der Waals surface area contributed by atoms with Crippen molar-refractivity contribution in [3.8, 4) is 0 Å². The smallest absolute Gasteiger partial charge is 0.233 e. The summed E-state index contributed by atoms with van der Waals surface area (Å²) >= 11 is 0. The summed E-state index contributed by atoms with van der Waals surface area (Å²) in [7, 11) is 3.53. The van der Waals surface area contributed by atoms with Gasteiger partial charge in [-0.15, -0.1) is 24.0 Å². The maximum atomic E-state index is 11.5. The fourth-order valence-electron chi connectivity index (χ4n) is 4.04. The van der Waals surface area contributed by atoms with Crippen molar-refractivity contribution < 1.29 is 4.79 Å². The highest BCUT2D eigenvalue weighted by Gasteiger charge is 2.31. The van der Waals surface area contributed by atoms with Gasteiger partial charge in [0.25, 0.3) is 0 Å². The minimum Gasteiger partial charge on any atom is -0.358 e. The zero-order valence-corrected chi connectivity index (χ0v) is 18.4.